The number of nitrogens with one attached hydrogen (secondary N) is 1. The molecule has 1 aromatic rings. The van der Waals surface area contributed by atoms with Crippen LogP contribution in [0.1, 0.15) is 32.1 Å². The van der Waals surface area contributed by atoms with Crippen molar-refractivity contribution in [3.63, 3.8) is 0 Å². The van der Waals surface area contributed by atoms with Crippen LogP contribution in [0.2, 0.25) is 0 Å². The molecule has 7 nitrogen and oxygen atoms in total. The Morgan fingerprint density at radius 3 is 2.91 bits per heavy atom. The Morgan fingerprint density at radius 1 is 1.41 bits per heavy atom. The molecule has 0 bridgehead atoms. The number of hydrogen-bond donors (Lipinski definition) is 2. The van der Waals surface area contributed by atoms with Gasteiger partial charge in [0.15, 0.2) is 0 Å². The Kier molecular flexibility index (Phi) is 4.15. The second-order valence-electron chi connectivity index (χ2n) is 6.34. The molecular weight excluding hydrogens is 282 g/mol. The quantitative estimate of drug-likeness (QED) is 0.832. The molecule has 3 N–H and O–H groups in total. The highest BCUT2D eigenvalue weighted by molar-refractivity contribution is 6.01. The average molecular weight is 305 g/mol. The minimum absolute atomic E-state index is 0.0264. The van der Waals surface area contributed by atoms with Crippen LogP contribution in [0.4, 0.5) is 5.69 Å². The van der Waals surface area contributed by atoms with Gasteiger partial charge in [0, 0.05) is 31.7 Å². The number of anilines is 1. The van der Waals surface area contributed by atoms with Crippen LogP contribution in [0.15, 0.2) is 12.4 Å². The topological polar surface area (TPSA) is 93.2 Å². The van der Waals surface area contributed by atoms with Gasteiger partial charge in [-0.2, -0.15) is 5.10 Å². The molecule has 2 amide bonds. The molecule has 7 heteroatoms. The summed E-state index contributed by atoms with van der Waals surface area (Å²) in [6.07, 6.45) is 7.68. The van der Waals surface area contributed by atoms with Crippen molar-refractivity contribution in [2.45, 2.75) is 44.2 Å². The number of aryl methyl sites for hydroxylation is 1. The number of aromatic nitrogens is 2. The van der Waals surface area contributed by atoms with E-state index in [1.807, 2.05) is 13.2 Å². The third-order valence-corrected chi connectivity index (χ3v) is 4.61. The average Bonchev–Trinajstić information content (AvgIpc) is 3.06. The lowest BCUT2D eigenvalue weighted by Gasteiger charge is -2.26. The first kappa shape index (κ1) is 15.0. The number of amides is 2. The summed E-state index contributed by atoms with van der Waals surface area (Å²) in [5.41, 5.74) is 6.72. The smallest absolute Gasteiger partial charge is 0.249 e. The summed E-state index contributed by atoms with van der Waals surface area (Å²) >= 11 is 0. The van der Waals surface area contributed by atoms with Gasteiger partial charge in [0.2, 0.25) is 11.8 Å². The first-order chi connectivity index (χ1) is 10.5. The number of hydrogen-bond acceptors (Lipinski definition) is 4. The van der Waals surface area contributed by atoms with Crippen LogP contribution >= 0.6 is 0 Å². The van der Waals surface area contributed by atoms with Gasteiger partial charge in [-0.15, -0.1) is 0 Å². The highest BCUT2D eigenvalue weighted by Gasteiger charge is 2.36. The van der Waals surface area contributed by atoms with E-state index < -0.39 is 6.04 Å². The molecule has 1 aliphatic heterocycles. The van der Waals surface area contributed by atoms with Crippen LogP contribution < -0.4 is 16.0 Å². The molecule has 3 atom stereocenters. The third kappa shape index (κ3) is 2.99. The fourth-order valence-electron chi connectivity index (χ4n) is 3.37. The predicted octanol–water partition coefficient (Wildman–Crippen LogP) is 0.159. The van der Waals surface area contributed by atoms with Crippen LogP contribution in [-0.4, -0.2) is 40.2 Å². The van der Waals surface area contributed by atoms with E-state index in [4.69, 9.17) is 5.73 Å². The number of nitrogens with zero attached hydrogens (tertiary/aromatic N) is 3. The van der Waals surface area contributed by atoms with Crippen LogP contribution in [0, 0.1) is 5.92 Å². The Bertz CT molecular complexity index is 570. The van der Waals surface area contributed by atoms with Gasteiger partial charge in [-0.1, -0.05) is 6.42 Å². The van der Waals surface area contributed by atoms with Gasteiger partial charge in [0.1, 0.15) is 6.04 Å². The van der Waals surface area contributed by atoms with E-state index in [0.29, 0.717) is 13.0 Å². The van der Waals surface area contributed by atoms with Crippen molar-refractivity contribution in [3.05, 3.63) is 12.4 Å². The Balaban J connectivity index is 1.59. The fraction of sp³-hybridized carbons (Fsp3) is 0.667. The predicted molar refractivity (Wildman–Crippen MR) is 82.0 cm³/mol. The van der Waals surface area contributed by atoms with Gasteiger partial charge in [-0.25, -0.2) is 0 Å². The number of carbonyl (C=O) groups is 2. The molecule has 1 saturated heterocycles. The minimum Gasteiger partial charge on any atom is -0.344 e. The Hall–Kier alpha value is -1.89. The van der Waals surface area contributed by atoms with Crippen molar-refractivity contribution in [3.8, 4) is 0 Å². The molecule has 2 heterocycles. The molecule has 1 aromatic heterocycles. The van der Waals surface area contributed by atoms with E-state index in [2.05, 4.69) is 10.4 Å². The first-order valence-electron chi connectivity index (χ1n) is 7.90. The van der Waals surface area contributed by atoms with Gasteiger partial charge < -0.3 is 16.0 Å². The van der Waals surface area contributed by atoms with Crippen molar-refractivity contribution in [1.82, 2.24) is 15.1 Å². The highest BCUT2D eigenvalue weighted by atomic mass is 16.2. The van der Waals surface area contributed by atoms with Crippen LogP contribution in [-0.2, 0) is 16.6 Å². The van der Waals surface area contributed by atoms with Crippen LogP contribution in [0.25, 0.3) is 0 Å². The Morgan fingerprint density at radius 2 is 2.23 bits per heavy atom. The lowest BCUT2D eigenvalue weighted by molar-refractivity contribution is -0.130. The zero-order chi connectivity index (χ0) is 15.7. The molecule has 0 spiro atoms. The molecule has 2 aliphatic rings. The van der Waals surface area contributed by atoms with Crippen molar-refractivity contribution in [2.75, 3.05) is 11.4 Å². The van der Waals surface area contributed by atoms with Gasteiger partial charge >= 0.3 is 0 Å². The zero-order valence-electron chi connectivity index (χ0n) is 12.9. The molecule has 22 heavy (non-hydrogen) atoms. The highest BCUT2D eigenvalue weighted by Crippen LogP contribution is 2.25. The first-order valence-corrected chi connectivity index (χ1v) is 7.90. The molecule has 0 aromatic carbocycles. The van der Waals surface area contributed by atoms with Crippen molar-refractivity contribution in [1.29, 1.82) is 0 Å². The molecule has 1 aliphatic carbocycles. The van der Waals surface area contributed by atoms with E-state index in [-0.39, 0.29) is 23.8 Å². The van der Waals surface area contributed by atoms with E-state index in [1.165, 1.54) is 0 Å². The number of nitrogens with two attached hydrogens (primary N) is 1. The number of rotatable bonds is 3. The lowest BCUT2D eigenvalue weighted by atomic mass is 9.85. The van der Waals surface area contributed by atoms with Gasteiger partial charge in [-0.05, 0) is 25.7 Å². The summed E-state index contributed by atoms with van der Waals surface area (Å²) in [6, 6.07) is -0.318. The maximum atomic E-state index is 12.4. The minimum atomic E-state index is -0.425. The summed E-state index contributed by atoms with van der Waals surface area (Å²) in [7, 11) is 1.82. The zero-order valence-corrected chi connectivity index (χ0v) is 12.9. The summed E-state index contributed by atoms with van der Waals surface area (Å²) in [5.74, 6) is -0.132. The molecular formula is C15H23N5O2. The normalized spacial score (nSPS) is 28.9. The lowest BCUT2D eigenvalue weighted by Crippen LogP contribution is -2.45. The maximum Gasteiger partial charge on any atom is 0.249 e. The monoisotopic (exact) mass is 305 g/mol. The molecule has 3 rings (SSSR count). The Labute approximate surface area is 129 Å². The van der Waals surface area contributed by atoms with Gasteiger partial charge in [0.25, 0.3) is 0 Å². The molecule has 120 valence electrons. The van der Waals surface area contributed by atoms with Crippen molar-refractivity contribution in [2.24, 2.45) is 18.7 Å². The van der Waals surface area contributed by atoms with E-state index in [9.17, 15) is 9.59 Å². The molecule has 1 saturated carbocycles. The summed E-state index contributed by atoms with van der Waals surface area (Å²) < 4.78 is 1.66. The van der Waals surface area contributed by atoms with Gasteiger partial charge in [0.05, 0.1) is 11.9 Å². The molecule has 3 unspecified atom stereocenters. The summed E-state index contributed by atoms with van der Waals surface area (Å²) in [6.45, 7) is 0.611. The van der Waals surface area contributed by atoms with Crippen molar-refractivity contribution >= 4 is 17.5 Å². The van der Waals surface area contributed by atoms with Crippen LogP contribution in [0.5, 0.6) is 0 Å². The van der Waals surface area contributed by atoms with E-state index in [1.54, 1.807) is 15.8 Å². The van der Waals surface area contributed by atoms with Gasteiger partial charge in [-0.3, -0.25) is 14.3 Å². The number of carbonyl (C=O) groups excluding carboxylic acids is 2. The SMILES string of the molecule is Cn1cc(N2CCC(NC(=O)C3CCCC(N)C3)C2=O)cn1. The van der Waals surface area contributed by atoms with Crippen molar-refractivity contribution < 1.29 is 9.59 Å². The fourth-order valence-corrected chi connectivity index (χ4v) is 3.37. The maximum absolute atomic E-state index is 12.4. The molecule has 2 fully saturated rings. The van der Waals surface area contributed by atoms with E-state index in [0.717, 1.165) is 31.4 Å². The second kappa shape index (κ2) is 6.08. The molecule has 0 radical (unpaired) electrons. The summed E-state index contributed by atoms with van der Waals surface area (Å²) in [4.78, 5) is 26.5. The standard InChI is InChI=1S/C15H23N5O2/c1-19-9-12(8-17-19)20-6-5-13(15(20)22)18-14(21)10-3-2-4-11(16)7-10/h8-11,13H,2-7,16H2,1H3,(H,18,21). The van der Waals surface area contributed by atoms with Crippen LogP contribution in [0.3, 0.4) is 0 Å². The second-order valence-corrected chi connectivity index (χ2v) is 6.34. The summed E-state index contributed by atoms with van der Waals surface area (Å²) in [5, 5.41) is 7.00. The third-order valence-electron chi connectivity index (χ3n) is 4.61. The largest absolute Gasteiger partial charge is 0.344 e. The van der Waals surface area contributed by atoms with E-state index >= 15 is 0 Å².